The summed E-state index contributed by atoms with van der Waals surface area (Å²) in [6.07, 6.45) is 1.78. The number of rotatable bonds is 3. The van der Waals surface area contributed by atoms with Crippen molar-refractivity contribution >= 4 is 11.6 Å². The molecule has 1 aromatic carbocycles. The van der Waals surface area contributed by atoms with Crippen LogP contribution in [0.2, 0.25) is 5.02 Å². The van der Waals surface area contributed by atoms with Crippen molar-refractivity contribution in [3.05, 3.63) is 64.4 Å². The van der Waals surface area contributed by atoms with Gasteiger partial charge >= 0.3 is 0 Å². The van der Waals surface area contributed by atoms with Crippen molar-refractivity contribution in [2.24, 2.45) is 5.84 Å². The first-order valence-electron chi connectivity index (χ1n) is 5.35. The van der Waals surface area contributed by atoms with E-state index in [2.05, 4.69) is 10.4 Å². The molecule has 0 aliphatic heterocycles. The van der Waals surface area contributed by atoms with Gasteiger partial charge in [-0.1, -0.05) is 23.7 Å². The van der Waals surface area contributed by atoms with E-state index < -0.39 is 0 Å². The summed E-state index contributed by atoms with van der Waals surface area (Å²) < 4.78 is 0. The van der Waals surface area contributed by atoms with Gasteiger partial charge in [-0.3, -0.25) is 10.8 Å². The van der Waals surface area contributed by atoms with Gasteiger partial charge in [0.05, 0.1) is 6.04 Å². The highest BCUT2D eigenvalue weighted by Gasteiger charge is 2.12. The molecule has 0 spiro atoms. The predicted molar refractivity (Wildman–Crippen MR) is 69.6 cm³/mol. The van der Waals surface area contributed by atoms with Crippen molar-refractivity contribution in [3.8, 4) is 0 Å². The van der Waals surface area contributed by atoms with Crippen LogP contribution in [0.5, 0.6) is 0 Å². The number of benzene rings is 1. The minimum atomic E-state index is -0.0473. The van der Waals surface area contributed by atoms with Gasteiger partial charge in [0.2, 0.25) is 0 Å². The predicted octanol–water partition coefficient (Wildman–Crippen LogP) is 2.60. The summed E-state index contributed by atoms with van der Waals surface area (Å²) in [6.45, 7) is 1.96. The molecule has 4 heteroatoms. The van der Waals surface area contributed by atoms with Gasteiger partial charge in [0.15, 0.2) is 0 Å². The molecule has 0 radical (unpaired) electrons. The number of nitrogens with two attached hydrogens (primary N) is 1. The number of aromatic nitrogens is 1. The van der Waals surface area contributed by atoms with Crippen molar-refractivity contribution in [2.75, 3.05) is 0 Å². The Labute approximate surface area is 106 Å². The van der Waals surface area contributed by atoms with Crippen LogP contribution in [0, 0.1) is 6.92 Å². The van der Waals surface area contributed by atoms with E-state index in [9.17, 15) is 0 Å². The standard InChI is InChI=1S/C13H14ClN3/c1-9-8-11(6-7-16-9)13(17-15)10-2-4-12(14)5-3-10/h2-8,13,17H,15H2,1H3. The van der Waals surface area contributed by atoms with E-state index in [-0.39, 0.29) is 6.04 Å². The highest BCUT2D eigenvalue weighted by Crippen LogP contribution is 2.22. The van der Waals surface area contributed by atoms with Crippen LogP contribution < -0.4 is 11.3 Å². The van der Waals surface area contributed by atoms with Gasteiger partial charge in [0, 0.05) is 16.9 Å². The molecule has 1 heterocycles. The van der Waals surface area contributed by atoms with Crippen molar-refractivity contribution in [2.45, 2.75) is 13.0 Å². The molecule has 3 N–H and O–H groups in total. The molecule has 88 valence electrons. The molecule has 2 aromatic rings. The fourth-order valence-electron chi connectivity index (χ4n) is 1.79. The molecular formula is C13H14ClN3. The average molecular weight is 248 g/mol. The highest BCUT2D eigenvalue weighted by atomic mass is 35.5. The molecule has 0 fully saturated rings. The van der Waals surface area contributed by atoms with Crippen molar-refractivity contribution in [3.63, 3.8) is 0 Å². The minimum absolute atomic E-state index is 0.0473. The SMILES string of the molecule is Cc1cc(C(NN)c2ccc(Cl)cc2)ccn1. The number of hydrogen-bond acceptors (Lipinski definition) is 3. The summed E-state index contributed by atoms with van der Waals surface area (Å²) in [5, 5.41) is 0.718. The number of halogens is 1. The first-order chi connectivity index (χ1) is 8.20. The van der Waals surface area contributed by atoms with E-state index in [0.717, 1.165) is 21.8 Å². The summed E-state index contributed by atoms with van der Waals surface area (Å²) in [5.74, 6) is 5.62. The van der Waals surface area contributed by atoms with Crippen LogP contribution >= 0.6 is 11.6 Å². The molecule has 1 aromatic heterocycles. The van der Waals surface area contributed by atoms with Gasteiger partial charge in [-0.05, 0) is 42.3 Å². The Morgan fingerprint density at radius 2 is 1.88 bits per heavy atom. The highest BCUT2D eigenvalue weighted by molar-refractivity contribution is 6.30. The summed E-state index contributed by atoms with van der Waals surface area (Å²) in [4.78, 5) is 4.17. The maximum Gasteiger partial charge on any atom is 0.0711 e. The lowest BCUT2D eigenvalue weighted by Gasteiger charge is -2.17. The van der Waals surface area contributed by atoms with Gasteiger partial charge in [-0.25, -0.2) is 5.43 Å². The Balaban J connectivity index is 2.36. The normalized spacial score (nSPS) is 12.4. The fraction of sp³-hybridized carbons (Fsp3) is 0.154. The summed E-state index contributed by atoms with van der Waals surface area (Å²) >= 11 is 5.87. The van der Waals surface area contributed by atoms with Crippen LogP contribution in [-0.4, -0.2) is 4.98 Å². The monoisotopic (exact) mass is 247 g/mol. The smallest absolute Gasteiger partial charge is 0.0711 e. The maximum absolute atomic E-state index is 5.87. The molecule has 1 unspecified atom stereocenters. The second kappa shape index (κ2) is 5.27. The Bertz CT molecular complexity index is 496. The van der Waals surface area contributed by atoms with Gasteiger partial charge < -0.3 is 0 Å². The first kappa shape index (κ1) is 12.0. The van der Waals surface area contributed by atoms with E-state index in [1.54, 1.807) is 6.20 Å². The number of pyridine rings is 1. The Kier molecular flexibility index (Phi) is 3.74. The van der Waals surface area contributed by atoms with Crippen LogP contribution in [0.3, 0.4) is 0 Å². The number of hydrazine groups is 1. The zero-order valence-electron chi connectivity index (χ0n) is 9.52. The number of nitrogens with zero attached hydrogens (tertiary/aromatic N) is 1. The number of aryl methyl sites for hydroxylation is 1. The topological polar surface area (TPSA) is 50.9 Å². The molecule has 0 saturated carbocycles. The third-order valence-corrected chi connectivity index (χ3v) is 2.88. The van der Waals surface area contributed by atoms with Gasteiger partial charge in [0.1, 0.15) is 0 Å². The quantitative estimate of drug-likeness (QED) is 0.648. The van der Waals surface area contributed by atoms with E-state index in [1.165, 1.54) is 0 Å². The maximum atomic E-state index is 5.87. The van der Waals surface area contributed by atoms with Crippen LogP contribution in [0.15, 0.2) is 42.6 Å². The lowest BCUT2D eigenvalue weighted by molar-refractivity contribution is 0.635. The van der Waals surface area contributed by atoms with E-state index >= 15 is 0 Å². The third kappa shape index (κ3) is 2.82. The average Bonchev–Trinajstić information content (AvgIpc) is 2.33. The Morgan fingerprint density at radius 1 is 1.18 bits per heavy atom. The van der Waals surface area contributed by atoms with Gasteiger partial charge in [0.25, 0.3) is 0 Å². The molecule has 17 heavy (non-hydrogen) atoms. The zero-order chi connectivity index (χ0) is 12.3. The zero-order valence-corrected chi connectivity index (χ0v) is 10.3. The molecule has 3 nitrogen and oxygen atoms in total. The number of hydrogen-bond donors (Lipinski definition) is 2. The Morgan fingerprint density at radius 3 is 2.47 bits per heavy atom. The lowest BCUT2D eigenvalue weighted by Crippen LogP contribution is -2.28. The van der Waals surface area contributed by atoms with Crippen LogP contribution in [0.25, 0.3) is 0 Å². The van der Waals surface area contributed by atoms with Crippen molar-refractivity contribution in [1.29, 1.82) is 0 Å². The second-order valence-electron chi connectivity index (χ2n) is 3.88. The molecule has 0 bridgehead atoms. The third-order valence-electron chi connectivity index (χ3n) is 2.62. The molecule has 0 amide bonds. The van der Waals surface area contributed by atoms with Crippen molar-refractivity contribution in [1.82, 2.24) is 10.4 Å². The Hall–Kier alpha value is -1.42. The van der Waals surface area contributed by atoms with E-state index in [0.29, 0.717) is 0 Å². The molecule has 0 aliphatic carbocycles. The molecular weight excluding hydrogens is 234 g/mol. The molecule has 0 saturated heterocycles. The molecule has 0 aliphatic rings. The summed E-state index contributed by atoms with van der Waals surface area (Å²) in [5.41, 5.74) is 5.94. The van der Waals surface area contributed by atoms with E-state index in [1.807, 2.05) is 43.3 Å². The second-order valence-corrected chi connectivity index (χ2v) is 4.32. The first-order valence-corrected chi connectivity index (χ1v) is 5.72. The summed E-state index contributed by atoms with van der Waals surface area (Å²) in [6, 6.07) is 11.6. The van der Waals surface area contributed by atoms with Crippen LogP contribution in [-0.2, 0) is 0 Å². The lowest BCUT2D eigenvalue weighted by atomic mass is 10.00. The fourth-order valence-corrected chi connectivity index (χ4v) is 1.91. The van der Waals surface area contributed by atoms with Crippen LogP contribution in [0.1, 0.15) is 22.9 Å². The number of nitrogens with one attached hydrogen (secondary N) is 1. The minimum Gasteiger partial charge on any atom is -0.271 e. The van der Waals surface area contributed by atoms with E-state index in [4.69, 9.17) is 17.4 Å². The van der Waals surface area contributed by atoms with Gasteiger partial charge in [-0.15, -0.1) is 0 Å². The largest absolute Gasteiger partial charge is 0.271 e. The van der Waals surface area contributed by atoms with Crippen molar-refractivity contribution < 1.29 is 0 Å². The van der Waals surface area contributed by atoms with Crippen LogP contribution in [0.4, 0.5) is 0 Å². The van der Waals surface area contributed by atoms with Gasteiger partial charge in [-0.2, -0.15) is 0 Å². The molecule has 1 atom stereocenters. The summed E-state index contributed by atoms with van der Waals surface area (Å²) in [7, 11) is 0. The molecule has 2 rings (SSSR count).